The van der Waals surface area contributed by atoms with Crippen LogP contribution in [0.4, 0.5) is 0 Å². The molecule has 0 spiro atoms. The molecule has 1 N–H and O–H groups in total. The molecule has 1 rings (SSSR count). The topological polar surface area (TPSA) is 66.8 Å². The van der Waals surface area contributed by atoms with Crippen LogP contribution in [0.1, 0.15) is 18.1 Å². The first-order valence-corrected chi connectivity index (χ1v) is 8.35. The van der Waals surface area contributed by atoms with Crippen molar-refractivity contribution in [1.29, 1.82) is 0 Å². The number of methoxy groups -OCH3 is 1. The maximum Gasteiger partial charge on any atom is 0.244 e. The highest BCUT2D eigenvalue weighted by atomic mass is 79.9. The minimum atomic E-state index is -3.65. The molecule has 1 unspecified atom stereocenters. The highest BCUT2D eigenvalue weighted by Gasteiger charge is 2.28. The molecule has 0 saturated carbocycles. The Morgan fingerprint density at radius 2 is 2.05 bits per heavy atom. The molecule has 0 heterocycles. The summed E-state index contributed by atoms with van der Waals surface area (Å²) in [5, 5.41) is 9.23. The summed E-state index contributed by atoms with van der Waals surface area (Å²) in [5.74, 6) is 0. The molecular weight excluding hydrogens is 346 g/mol. The lowest BCUT2D eigenvalue weighted by Gasteiger charge is -2.24. The van der Waals surface area contributed by atoms with Gasteiger partial charge in [0.1, 0.15) is 0 Å². The zero-order valence-electron chi connectivity index (χ0n) is 12.1. The van der Waals surface area contributed by atoms with E-state index in [9.17, 15) is 13.5 Å². The van der Waals surface area contributed by atoms with E-state index in [1.165, 1.54) is 24.5 Å². The molecule has 5 nitrogen and oxygen atoms in total. The van der Waals surface area contributed by atoms with Gasteiger partial charge in [0.15, 0.2) is 0 Å². The second kappa shape index (κ2) is 7.00. The molecule has 1 aromatic rings. The predicted molar refractivity (Wildman–Crippen MR) is 81.1 cm³/mol. The molecule has 7 heteroatoms. The van der Waals surface area contributed by atoms with Gasteiger partial charge in [-0.25, -0.2) is 8.42 Å². The fraction of sp³-hybridized carbons (Fsp3) is 0.538. The molecule has 0 saturated heterocycles. The number of sulfonamides is 1. The number of nitrogens with zero attached hydrogens (tertiary/aromatic N) is 1. The molecule has 0 aliphatic rings. The van der Waals surface area contributed by atoms with Gasteiger partial charge in [-0.1, -0.05) is 6.07 Å². The highest BCUT2D eigenvalue weighted by Crippen LogP contribution is 2.30. The van der Waals surface area contributed by atoms with Gasteiger partial charge in [0.25, 0.3) is 0 Å². The van der Waals surface area contributed by atoms with Crippen LogP contribution >= 0.6 is 15.9 Å². The molecule has 0 amide bonds. The maximum absolute atomic E-state index is 12.6. The van der Waals surface area contributed by atoms with Crippen LogP contribution in [0.2, 0.25) is 0 Å². The van der Waals surface area contributed by atoms with Gasteiger partial charge >= 0.3 is 0 Å². The van der Waals surface area contributed by atoms with Gasteiger partial charge in [0.05, 0.1) is 18.1 Å². The van der Waals surface area contributed by atoms with Gasteiger partial charge in [-0.2, -0.15) is 4.31 Å². The Bertz CT molecular complexity index is 574. The molecule has 0 aliphatic heterocycles. The van der Waals surface area contributed by atoms with Gasteiger partial charge in [-0.05, 0) is 47.0 Å². The molecule has 0 radical (unpaired) electrons. The number of hydrogen-bond acceptors (Lipinski definition) is 4. The smallest absolute Gasteiger partial charge is 0.244 e. The first kappa shape index (κ1) is 17.6. The summed E-state index contributed by atoms with van der Waals surface area (Å²) in [4.78, 5) is 0.159. The summed E-state index contributed by atoms with van der Waals surface area (Å²) in [7, 11) is -0.599. The maximum atomic E-state index is 12.6. The van der Waals surface area contributed by atoms with Crippen molar-refractivity contribution in [2.45, 2.75) is 31.4 Å². The lowest BCUT2D eigenvalue weighted by atomic mass is 10.1. The van der Waals surface area contributed by atoms with E-state index in [1.807, 2.05) is 0 Å². The Labute approximate surface area is 128 Å². The zero-order valence-corrected chi connectivity index (χ0v) is 14.5. The van der Waals surface area contributed by atoms with Gasteiger partial charge in [0, 0.05) is 24.7 Å². The van der Waals surface area contributed by atoms with Crippen LogP contribution in [-0.2, 0) is 21.4 Å². The zero-order chi connectivity index (χ0) is 15.5. The highest BCUT2D eigenvalue weighted by molar-refractivity contribution is 9.10. The summed E-state index contributed by atoms with van der Waals surface area (Å²) < 4.78 is 32.1. The van der Waals surface area contributed by atoms with Crippen molar-refractivity contribution in [2.75, 3.05) is 20.8 Å². The van der Waals surface area contributed by atoms with E-state index < -0.39 is 10.0 Å². The minimum absolute atomic E-state index is 0.159. The summed E-state index contributed by atoms with van der Waals surface area (Å²) in [6.07, 6.45) is 0. The predicted octanol–water partition coefficient (Wildman–Crippen LogP) is 1.91. The van der Waals surface area contributed by atoms with E-state index in [1.54, 1.807) is 19.9 Å². The average Bonchev–Trinajstić information content (AvgIpc) is 2.40. The van der Waals surface area contributed by atoms with Gasteiger partial charge in [0.2, 0.25) is 10.0 Å². The second-order valence-corrected chi connectivity index (χ2v) is 7.47. The summed E-state index contributed by atoms with van der Waals surface area (Å²) in [5.41, 5.74) is 1.33. The third-order valence-corrected chi connectivity index (χ3v) is 6.46. The Morgan fingerprint density at radius 3 is 2.55 bits per heavy atom. The molecule has 1 atom stereocenters. The first-order chi connectivity index (χ1) is 9.25. The van der Waals surface area contributed by atoms with E-state index in [-0.39, 0.29) is 17.5 Å². The number of hydrogen-bond donors (Lipinski definition) is 1. The van der Waals surface area contributed by atoms with Crippen LogP contribution in [0.3, 0.4) is 0 Å². The number of aliphatic hydroxyl groups is 1. The van der Waals surface area contributed by atoms with E-state index in [0.29, 0.717) is 16.6 Å². The fourth-order valence-electron chi connectivity index (χ4n) is 1.83. The van der Waals surface area contributed by atoms with E-state index >= 15 is 0 Å². The summed E-state index contributed by atoms with van der Waals surface area (Å²) in [6.45, 7) is 3.68. The molecular formula is C13H20BrNO4S. The number of aryl methyl sites for hydroxylation is 1. The van der Waals surface area contributed by atoms with E-state index in [2.05, 4.69) is 15.9 Å². The van der Waals surface area contributed by atoms with Crippen LogP contribution in [0, 0.1) is 6.92 Å². The standard InChI is InChI=1S/C13H20BrNO4S/c1-9-5-11(7-16)6-12(13(9)14)20(17,18)15(3)10(2)8-19-4/h5-6,10,16H,7-8H2,1-4H3. The van der Waals surface area contributed by atoms with Gasteiger partial charge < -0.3 is 9.84 Å². The number of ether oxygens (including phenoxy) is 1. The Balaban J connectivity index is 3.31. The van der Waals surface area contributed by atoms with Crippen molar-refractivity contribution >= 4 is 26.0 Å². The van der Waals surface area contributed by atoms with Crippen molar-refractivity contribution in [3.05, 3.63) is 27.7 Å². The van der Waals surface area contributed by atoms with Gasteiger partial charge in [-0.15, -0.1) is 0 Å². The summed E-state index contributed by atoms with van der Waals surface area (Å²) >= 11 is 3.32. The molecule has 0 fully saturated rings. The van der Waals surface area contributed by atoms with Crippen molar-refractivity contribution < 1.29 is 18.3 Å². The molecule has 0 aromatic heterocycles. The van der Waals surface area contributed by atoms with E-state index in [0.717, 1.165) is 5.56 Å². The molecule has 0 bridgehead atoms. The van der Waals surface area contributed by atoms with Crippen molar-refractivity contribution in [3.8, 4) is 0 Å². The van der Waals surface area contributed by atoms with Crippen LogP contribution in [0.5, 0.6) is 0 Å². The number of rotatable bonds is 6. The SMILES string of the molecule is COCC(C)N(C)S(=O)(=O)c1cc(CO)cc(C)c1Br. The molecule has 20 heavy (non-hydrogen) atoms. The van der Waals surface area contributed by atoms with Crippen LogP contribution in [-0.4, -0.2) is 44.6 Å². The Kier molecular flexibility index (Phi) is 6.15. The molecule has 114 valence electrons. The van der Waals surface area contributed by atoms with Crippen LogP contribution < -0.4 is 0 Å². The number of benzene rings is 1. The lowest BCUT2D eigenvalue weighted by Crippen LogP contribution is -2.38. The third kappa shape index (κ3) is 3.59. The summed E-state index contributed by atoms with van der Waals surface area (Å²) in [6, 6.07) is 2.96. The monoisotopic (exact) mass is 365 g/mol. The average molecular weight is 366 g/mol. The quantitative estimate of drug-likeness (QED) is 0.835. The van der Waals surface area contributed by atoms with E-state index in [4.69, 9.17) is 4.74 Å². The van der Waals surface area contributed by atoms with Crippen LogP contribution in [0.15, 0.2) is 21.5 Å². The Morgan fingerprint density at radius 1 is 1.45 bits per heavy atom. The molecule has 1 aromatic carbocycles. The van der Waals surface area contributed by atoms with Crippen molar-refractivity contribution in [2.24, 2.45) is 0 Å². The number of halogens is 1. The number of aliphatic hydroxyl groups excluding tert-OH is 1. The Hall–Kier alpha value is -0.470. The first-order valence-electron chi connectivity index (χ1n) is 6.12. The largest absolute Gasteiger partial charge is 0.392 e. The normalized spacial score (nSPS) is 13.8. The van der Waals surface area contributed by atoms with Gasteiger partial charge in [-0.3, -0.25) is 0 Å². The van der Waals surface area contributed by atoms with Crippen molar-refractivity contribution in [3.63, 3.8) is 0 Å². The molecule has 0 aliphatic carbocycles. The lowest BCUT2D eigenvalue weighted by molar-refractivity contribution is 0.149. The third-order valence-electron chi connectivity index (χ3n) is 3.15. The number of likely N-dealkylation sites (N-methyl/N-ethyl adjacent to an activating group) is 1. The minimum Gasteiger partial charge on any atom is -0.392 e. The fourth-order valence-corrected chi connectivity index (χ4v) is 4.20. The second-order valence-electron chi connectivity index (χ2n) is 4.71. The van der Waals surface area contributed by atoms with Crippen LogP contribution in [0.25, 0.3) is 0 Å². The van der Waals surface area contributed by atoms with Crippen molar-refractivity contribution in [1.82, 2.24) is 4.31 Å².